The molecule has 1 aliphatic carbocycles. The number of fused-ring (bicyclic) bond motifs is 1. The molecule has 1 aliphatic heterocycles. The van der Waals surface area contributed by atoms with Gasteiger partial charge in [0, 0.05) is 42.8 Å². The van der Waals surface area contributed by atoms with E-state index in [0.717, 1.165) is 24.1 Å². The van der Waals surface area contributed by atoms with Gasteiger partial charge < -0.3 is 19.6 Å². The molecule has 8 heteroatoms. The summed E-state index contributed by atoms with van der Waals surface area (Å²) in [4.78, 5) is 16.6. The Morgan fingerprint density at radius 2 is 1.90 bits per heavy atom. The molecule has 1 saturated carbocycles. The van der Waals surface area contributed by atoms with Gasteiger partial charge in [-0.3, -0.25) is 4.79 Å². The van der Waals surface area contributed by atoms with Crippen molar-refractivity contribution in [2.24, 2.45) is 0 Å². The van der Waals surface area contributed by atoms with E-state index < -0.39 is 12.7 Å². The lowest BCUT2D eigenvalue weighted by Gasteiger charge is -2.34. The van der Waals surface area contributed by atoms with E-state index in [9.17, 15) is 18.7 Å². The van der Waals surface area contributed by atoms with E-state index >= 15 is 0 Å². The third-order valence-electron chi connectivity index (χ3n) is 5.51. The van der Waals surface area contributed by atoms with Crippen LogP contribution in [0.15, 0.2) is 42.5 Å². The third-order valence-corrected chi connectivity index (χ3v) is 5.74. The Balaban J connectivity index is 1.54. The van der Waals surface area contributed by atoms with Crippen LogP contribution >= 0.6 is 11.6 Å². The normalized spacial score (nSPS) is 18.1. The van der Waals surface area contributed by atoms with Gasteiger partial charge in [-0.15, -0.1) is 0 Å². The fourth-order valence-electron chi connectivity index (χ4n) is 3.85. The second-order valence-electron chi connectivity index (χ2n) is 7.69. The van der Waals surface area contributed by atoms with Gasteiger partial charge in [0.25, 0.3) is 0 Å². The number of carbonyl (C=O) groups is 1. The van der Waals surface area contributed by atoms with Gasteiger partial charge in [0.05, 0.1) is 6.10 Å². The van der Waals surface area contributed by atoms with Crippen molar-refractivity contribution in [1.29, 1.82) is 0 Å². The molecule has 0 saturated heterocycles. The molecule has 2 aliphatic rings. The lowest BCUT2D eigenvalue weighted by molar-refractivity contribution is -0.132. The summed E-state index contributed by atoms with van der Waals surface area (Å²) < 4.78 is 29.0. The van der Waals surface area contributed by atoms with Crippen LogP contribution in [-0.4, -0.2) is 41.7 Å². The lowest BCUT2D eigenvalue weighted by Crippen LogP contribution is -2.40. The molecule has 5 nitrogen and oxygen atoms in total. The van der Waals surface area contributed by atoms with Crippen LogP contribution in [0.2, 0.25) is 5.02 Å². The minimum absolute atomic E-state index is 0.0398. The molecule has 0 radical (unpaired) electrons. The Hall–Kier alpha value is -2.38. The van der Waals surface area contributed by atoms with E-state index in [-0.39, 0.29) is 18.2 Å². The van der Waals surface area contributed by atoms with E-state index in [0.29, 0.717) is 36.1 Å². The number of benzene rings is 2. The average molecular weight is 437 g/mol. The van der Waals surface area contributed by atoms with Gasteiger partial charge in [-0.2, -0.15) is 8.78 Å². The van der Waals surface area contributed by atoms with Crippen LogP contribution in [0.3, 0.4) is 0 Å². The highest BCUT2D eigenvalue weighted by Crippen LogP contribution is 2.35. The molecule has 160 valence electrons. The SMILES string of the molecule is O=C1CCN(CC(O)c2ccc(OC(F)F)cc2)c2ccc(Cl)cc2CN1C1CC1. The van der Waals surface area contributed by atoms with Crippen LogP contribution in [0.1, 0.15) is 36.5 Å². The highest BCUT2D eigenvalue weighted by atomic mass is 35.5. The summed E-state index contributed by atoms with van der Waals surface area (Å²) in [6.45, 7) is -1.65. The molecule has 2 aromatic carbocycles. The number of β-amino-alcohol motifs (C(OH)–C–C–N with tert-alkyl or cyclic N) is 1. The van der Waals surface area contributed by atoms with E-state index in [1.807, 2.05) is 21.9 Å². The molecule has 30 heavy (non-hydrogen) atoms. The van der Waals surface area contributed by atoms with Crippen molar-refractivity contribution in [2.45, 2.75) is 44.6 Å². The number of amides is 1. The minimum Gasteiger partial charge on any atom is -0.435 e. The number of halogens is 3. The Morgan fingerprint density at radius 1 is 1.17 bits per heavy atom. The monoisotopic (exact) mass is 436 g/mol. The zero-order chi connectivity index (χ0) is 21.3. The van der Waals surface area contributed by atoms with Gasteiger partial charge in [0.1, 0.15) is 5.75 Å². The molecular formula is C22H23ClF2N2O3. The number of alkyl halides is 2. The van der Waals surface area contributed by atoms with Gasteiger partial charge in [0.2, 0.25) is 5.91 Å². The Kier molecular flexibility index (Phi) is 6.11. The highest BCUT2D eigenvalue weighted by Gasteiger charge is 2.34. The van der Waals surface area contributed by atoms with Crippen molar-refractivity contribution < 1.29 is 23.4 Å². The molecule has 1 N–H and O–H groups in total. The number of hydrogen-bond donors (Lipinski definition) is 1. The summed E-state index contributed by atoms with van der Waals surface area (Å²) in [6, 6.07) is 11.9. The Labute approximate surface area is 178 Å². The second kappa shape index (κ2) is 8.78. The zero-order valence-electron chi connectivity index (χ0n) is 16.3. The molecule has 2 aromatic rings. The number of carbonyl (C=O) groups excluding carboxylic acids is 1. The molecular weight excluding hydrogens is 414 g/mol. The maximum absolute atomic E-state index is 12.7. The Bertz CT molecular complexity index is 906. The first-order valence-corrected chi connectivity index (χ1v) is 10.3. The first kappa shape index (κ1) is 20.9. The quantitative estimate of drug-likeness (QED) is 0.730. The van der Waals surface area contributed by atoms with E-state index in [1.165, 1.54) is 12.1 Å². The van der Waals surface area contributed by atoms with Gasteiger partial charge in [-0.25, -0.2) is 0 Å². The van der Waals surface area contributed by atoms with Crippen LogP contribution in [0.5, 0.6) is 5.75 Å². The molecule has 1 unspecified atom stereocenters. The van der Waals surface area contributed by atoms with E-state index in [1.54, 1.807) is 18.2 Å². The topological polar surface area (TPSA) is 53.0 Å². The number of nitrogens with zero attached hydrogens (tertiary/aromatic N) is 2. The molecule has 1 amide bonds. The van der Waals surface area contributed by atoms with Crippen molar-refractivity contribution in [3.05, 3.63) is 58.6 Å². The molecule has 0 spiro atoms. The van der Waals surface area contributed by atoms with Crippen molar-refractivity contribution >= 4 is 23.2 Å². The minimum atomic E-state index is -2.89. The number of hydrogen-bond acceptors (Lipinski definition) is 4. The summed E-state index contributed by atoms with van der Waals surface area (Å²) in [5.41, 5.74) is 2.48. The van der Waals surface area contributed by atoms with Crippen LogP contribution in [0.4, 0.5) is 14.5 Å². The maximum atomic E-state index is 12.7. The summed E-state index contributed by atoms with van der Waals surface area (Å²) in [5.74, 6) is 0.147. The molecule has 4 rings (SSSR count). The largest absolute Gasteiger partial charge is 0.435 e. The molecule has 1 heterocycles. The van der Waals surface area contributed by atoms with Gasteiger partial charge >= 0.3 is 6.61 Å². The number of ether oxygens (including phenoxy) is 1. The summed E-state index contributed by atoms with van der Waals surface area (Å²) >= 11 is 6.21. The second-order valence-corrected chi connectivity index (χ2v) is 8.12. The highest BCUT2D eigenvalue weighted by molar-refractivity contribution is 6.30. The third kappa shape index (κ3) is 4.84. The van der Waals surface area contributed by atoms with E-state index in [4.69, 9.17) is 11.6 Å². The van der Waals surface area contributed by atoms with Crippen LogP contribution in [0, 0.1) is 0 Å². The fourth-order valence-corrected chi connectivity index (χ4v) is 4.04. The number of rotatable bonds is 6. The van der Waals surface area contributed by atoms with E-state index in [2.05, 4.69) is 4.74 Å². The summed E-state index contributed by atoms with van der Waals surface area (Å²) in [7, 11) is 0. The first-order chi connectivity index (χ1) is 14.4. The van der Waals surface area contributed by atoms with Crippen molar-refractivity contribution in [1.82, 2.24) is 4.90 Å². The van der Waals surface area contributed by atoms with Gasteiger partial charge in [-0.1, -0.05) is 23.7 Å². The Morgan fingerprint density at radius 3 is 2.57 bits per heavy atom. The predicted molar refractivity (Wildman–Crippen MR) is 110 cm³/mol. The van der Waals surface area contributed by atoms with Crippen LogP contribution in [0.25, 0.3) is 0 Å². The predicted octanol–water partition coefficient (Wildman–Crippen LogP) is 4.38. The zero-order valence-corrected chi connectivity index (χ0v) is 17.1. The summed E-state index contributed by atoms with van der Waals surface area (Å²) in [5, 5.41) is 11.4. The van der Waals surface area contributed by atoms with Gasteiger partial charge in [-0.05, 0) is 54.3 Å². The first-order valence-electron chi connectivity index (χ1n) is 9.96. The van der Waals surface area contributed by atoms with Crippen molar-refractivity contribution in [3.8, 4) is 5.75 Å². The molecule has 1 fully saturated rings. The molecule has 1 atom stereocenters. The lowest BCUT2D eigenvalue weighted by atomic mass is 10.0. The average Bonchev–Trinajstić information content (AvgIpc) is 3.53. The fraction of sp³-hybridized carbons (Fsp3) is 0.409. The van der Waals surface area contributed by atoms with Crippen molar-refractivity contribution in [2.75, 3.05) is 18.0 Å². The summed E-state index contributed by atoms with van der Waals surface area (Å²) in [6.07, 6.45) is 1.58. The van der Waals surface area contributed by atoms with Gasteiger partial charge in [0.15, 0.2) is 0 Å². The number of aliphatic hydroxyl groups is 1. The molecule has 0 aromatic heterocycles. The number of anilines is 1. The smallest absolute Gasteiger partial charge is 0.387 e. The standard InChI is InChI=1S/C22H23ClF2N2O3/c23-16-3-8-19-15(11-16)12-27(17-4-5-17)21(29)9-10-26(19)13-20(28)14-1-6-18(7-2-14)30-22(24)25/h1-3,6-8,11,17,20,22,28H,4-5,9-10,12-13H2. The number of aliphatic hydroxyl groups excluding tert-OH is 1. The maximum Gasteiger partial charge on any atom is 0.387 e. The van der Waals surface area contributed by atoms with Crippen LogP contribution < -0.4 is 9.64 Å². The van der Waals surface area contributed by atoms with Crippen LogP contribution in [-0.2, 0) is 11.3 Å². The molecule has 0 bridgehead atoms. The van der Waals surface area contributed by atoms with Crippen molar-refractivity contribution in [3.63, 3.8) is 0 Å².